The molecular weight excluding hydrogens is 304 g/mol. The van der Waals surface area contributed by atoms with Crippen LogP contribution >= 0.6 is 0 Å². The van der Waals surface area contributed by atoms with Crippen molar-refractivity contribution in [1.82, 2.24) is 18.9 Å². The number of hydrogen-bond acceptors (Lipinski definition) is 3. The first-order chi connectivity index (χ1) is 11.6. The van der Waals surface area contributed by atoms with Crippen molar-refractivity contribution in [3.63, 3.8) is 0 Å². The molecule has 1 fully saturated rings. The highest BCUT2D eigenvalue weighted by Gasteiger charge is 2.23. The highest BCUT2D eigenvalue weighted by atomic mass is 16.2. The largest absolute Gasteiger partial charge is 0.337 e. The molecule has 0 aliphatic carbocycles. The Bertz CT molecular complexity index is 1010. The van der Waals surface area contributed by atoms with Gasteiger partial charge < -0.3 is 9.47 Å². The van der Waals surface area contributed by atoms with Crippen LogP contribution in [0.15, 0.2) is 29.2 Å². The highest BCUT2D eigenvalue weighted by Crippen LogP contribution is 2.19. The second-order valence-electron chi connectivity index (χ2n) is 6.53. The number of nitrogens with zero attached hydrogens (tertiary/aromatic N) is 4. The topological polar surface area (TPSA) is 59.6 Å². The maximum absolute atomic E-state index is 12.8. The van der Waals surface area contributed by atoms with E-state index in [0.29, 0.717) is 22.4 Å². The van der Waals surface area contributed by atoms with Gasteiger partial charge in [0.2, 0.25) is 0 Å². The second-order valence-corrected chi connectivity index (χ2v) is 6.53. The zero-order chi connectivity index (χ0) is 16.8. The molecule has 0 atom stereocenters. The third-order valence-electron chi connectivity index (χ3n) is 4.81. The van der Waals surface area contributed by atoms with E-state index in [2.05, 4.69) is 4.98 Å². The number of amides is 1. The van der Waals surface area contributed by atoms with Gasteiger partial charge in [-0.05, 0) is 43.9 Å². The fraction of sp³-hybridized carbons (Fsp3) is 0.389. The summed E-state index contributed by atoms with van der Waals surface area (Å²) >= 11 is 0. The molecule has 4 heterocycles. The van der Waals surface area contributed by atoms with Crippen LogP contribution in [0.5, 0.6) is 0 Å². The molecule has 24 heavy (non-hydrogen) atoms. The first-order valence-corrected chi connectivity index (χ1v) is 8.34. The van der Waals surface area contributed by atoms with E-state index in [1.807, 2.05) is 24.0 Å². The minimum absolute atomic E-state index is 0.0140. The fourth-order valence-electron chi connectivity index (χ4n) is 3.44. The summed E-state index contributed by atoms with van der Waals surface area (Å²) in [6, 6.07) is 5.45. The van der Waals surface area contributed by atoms with Crippen molar-refractivity contribution >= 4 is 22.6 Å². The number of piperidine rings is 1. The van der Waals surface area contributed by atoms with E-state index in [1.54, 1.807) is 28.3 Å². The molecule has 0 N–H and O–H groups in total. The Morgan fingerprint density at radius 3 is 2.67 bits per heavy atom. The summed E-state index contributed by atoms with van der Waals surface area (Å²) in [6.07, 6.45) is 5.04. The quantitative estimate of drug-likeness (QED) is 0.689. The van der Waals surface area contributed by atoms with Gasteiger partial charge in [0.15, 0.2) is 0 Å². The molecule has 0 saturated carbocycles. The molecule has 0 bridgehead atoms. The molecular formula is C18H20N4O2. The van der Waals surface area contributed by atoms with E-state index in [0.717, 1.165) is 31.5 Å². The van der Waals surface area contributed by atoms with Gasteiger partial charge >= 0.3 is 0 Å². The van der Waals surface area contributed by atoms with Gasteiger partial charge in [-0.1, -0.05) is 6.07 Å². The van der Waals surface area contributed by atoms with E-state index in [9.17, 15) is 9.59 Å². The molecule has 0 radical (unpaired) electrons. The number of hydrogen-bond donors (Lipinski definition) is 0. The molecule has 0 aromatic carbocycles. The van der Waals surface area contributed by atoms with Crippen molar-refractivity contribution < 1.29 is 4.79 Å². The van der Waals surface area contributed by atoms with E-state index >= 15 is 0 Å². The van der Waals surface area contributed by atoms with Crippen molar-refractivity contribution in [2.75, 3.05) is 13.1 Å². The number of fused-ring (bicyclic) bond motifs is 2. The van der Waals surface area contributed by atoms with E-state index in [-0.39, 0.29) is 11.5 Å². The molecule has 1 saturated heterocycles. The Morgan fingerprint density at radius 1 is 1.17 bits per heavy atom. The average molecular weight is 324 g/mol. The third kappa shape index (κ3) is 2.21. The first kappa shape index (κ1) is 14.9. The first-order valence-electron chi connectivity index (χ1n) is 8.34. The Labute approximate surface area is 139 Å². The Kier molecular flexibility index (Phi) is 3.40. The predicted octanol–water partition coefficient (Wildman–Crippen LogP) is 2.12. The smallest absolute Gasteiger partial charge is 0.270 e. The number of aryl methyl sites for hydroxylation is 2. The zero-order valence-electron chi connectivity index (χ0n) is 14.0. The van der Waals surface area contributed by atoms with E-state index in [4.69, 9.17) is 0 Å². The van der Waals surface area contributed by atoms with Crippen LogP contribution in [-0.4, -0.2) is 37.8 Å². The van der Waals surface area contributed by atoms with Crippen LogP contribution < -0.4 is 5.56 Å². The van der Waals surface area contributed by atoms with Gasteiger partial charge in [0.05, 0.1) is 5.39 Å². The van der Waals surface area contributed by atoms with Crippen molar-refractivity contribution in [1.29, 1.82) is 0 Å². The number of rotatable bonds is 1. The molecule has 0 spiro atoms. The summed E-state index contributed by atoms with van der Waals surface area (Å²) in [5, 5.41) is 0.487. The van der Waals surface area contributed by atoms with Gasteiger partial charge in [0.1, 0.15) is 17.0 Å². The van der Waals surface area contributed by atoms with Gasteiger partial charge in [-0.15, -0.1) is 0 Å². The standard InChI is InChI=1S/C18H20N4O2/c1-12-6-7-15-19-16-13(17(23)22(15)11-12)10-14(20(16)2)18(24)21-8-4-3-5-9-21/h6-7,10-11H,3-5,8-9H2,1-2H3. The Morgan fingerprint density at radius 2 is 1.92 bits per heavy atom. The monoisotopic (exact) mass is 324 g/mol. The van der Waals surface area contributed by atoms with Crippen LogP contribution in [0.1, 0.15) is 35.3 Å². The summed E-state index contributed by atoms with van der Waals surface area (Å²) in [7, 11) is 1.80. The number of carbonyl (C=O) groups is 1. The zero-order valence-corrected chi connectivity index (χ0v) is 14.0. The van der Waals surface area contributed by atoms with Gasteiger partial charge in [-0.25, -0.2) is 4.98 Å². The summed E-state index contributed by atoms with van der Waals surface area (Å²) in [5.41, 5.74) is 2.54. The van der Waals surface area contributed by atoms with Crippen molar-refractivity contribution in [3.05, 3.63) is 46.0 Å². The van der Waals surface area contributed by atoms with Crippen LogP contribution in [0.3, 0.4) is 0 Å². The molecule has 1 aliphatic heterocycles. The van der Waals surface area contributed by atoms with Crippen LogP contribution in [0, 0.1) is 6.92 Å². The summed E-state index contributed by atoms with van der Waals surface area (Å²) < 4.78 is 3.29. The average Bonchev–Trinajstić information content (AvgIpc) is 2.93. The third-order valence-corrected chi connectivity index (χ3v) is 4.81. The summed E-state index contributed by atoms with van der Waals surface area (Å²) in [5.74, 6) is -0.0140. The second kappa shape index (κ2) is 5.47. The lowest BCUT2D eigenvalue weighted by atomic mass is 10.1. The number of carbonyl (C=O) groups excluding carboxylic acids is 1. The summed E-state index contributed by atoms with van der Waals surface area (Å²) in [4.78, 5) is 32.1. The van der Waals surface area contributed by atoms with Crippen molar-refractivity contribution in [2.45, 2.75) is 26.2 Å². The van der Waals surface area contributed by atoms with Gasteiger partial charge in [0, 0.05) is 26.3 Å². The number of pyridine rings is 1. The van der Waals surface area contributed by atoms with E-state index < -0.39 is 0 Å². The maximum atomic E-state index is 12.8. The van der Waals surface area contributed by atoms with Crippen LogP contribution in [0.4, 0.5) is 0 Å². The predicted molar refractivity (Wildman–Crippen MR) is 92.4 cm³/mol. The lowest BCUT2D eigenvalue weighted by Gasteiger charge is -2.26. The van der Waals surface area contributed by atoms with E-state index in [1.165, 1.54) is 6.42 Å². The number of likely N-dealkylation sites (tertiary alicyclic amines) is 1. The molecule has 6 nitrogen and oxygen atoms in total. The highest BCUT2D eigenvalue weighted by molar-refractivity contribution is 5.98. The normalized spacial score (nSPS) is 15.3. The van der Waals surface area contributed by atoms with Gasteiger partial charge in [0.25, 0.3) is 11.5 Å². The molecule has 0 unspecified atom stereocenters. The molecule has 3 aromatic heterocycles. The van der Waals surface area contributed by atoms with Crippen LogP contribution in [0.2, 0.25) is 0 Å². The molecule has 6 heteroatoms. The SMILES string of the molecule is Cc1ccc2nc3c(cc(C(=O)N4CCCCC4)n3C)c(=O)n2c1. The van der Waals surface area contributed by atoms with Gasteiger partial charge in [-0.3, -0.25) is 14.0 Å². The van der Waals surface area contributed by atoms with Crippen LogP contribution in [0.25, 0.3) is 16.7 Å². The van der Waals surface area contributed by atoms with Crippen molar-refractivity contribution in [3.8, 4) is 0 Å². The lowest BCUT2D eigenvalue weighted by molar-refractivity contribution is 0.0715. The molecule has 1 aliphatic rings. The summed E-state index contributed by atoms with van der Waals surface area (Å²) in [6.45, 7) is 3.51. The molecule has 1 amide bonds. The Balaban J connectivity index is 1.90. The molecule has 3 aromatic rings. The lowest BCUT2D eigenvalue weighted by Crippen LogP contribution is -2.36. The fourth-order valence-corrected chi connectivity index (χ4v) is 3.44. The minimum atomic E-state index is -0.132. The minimum Gasteiger partial charge on any atom is -0.337 e. The maximum Gasteiger partial charge on any atom is 0.270 e. The molecule has 4 rings (SSSR count). The number of aromatic nitrogens is 3. The van der Waals surface area contributed by atoms with Crippen molar-refractivity contribution in [2.24, 2.45) is 7.05 Å². The Hall–Kier alpha value is -2.63. The molecule has 124 valence electrons. The van der Waals surface area contributed by atoms with Crippen LogP contribution in [-0.2, 0) is 7.05 Å². The van der Waals surface area contributed by atoms with Gasteiger partial charge in [-0.2, -0.15) is 0 Å².